The number of nitrogens with zero attached hydrogens (tertiary/aromatic N) is 6. The fourth-order valence-corrected chi connectivity index (χ4v) is 3.72. The summed E-state index contributed by atoms with van der Waals surface area (Å²) in [5.41, 5.74) is 5.37. The summed E-state index contributed by atoms with van der Waals surface area (Å²) in [5, 5.41) is 24.1. The van der Waals surface area contributed by atoms with E-state index < -0.39 is 23.2 Å². The van der Waals surface area contributed by atoms with Gasteiger partial charge in [-0.15, -0.1) is 5.10 Å². The van der Waals surface area contributed by atoms with Crippen LogP contribution >= 0.6 is 0 Å². The molecule has 2 amide bonds. The molecular formula is C23H16F3N9O3. The van der Waals surface area contributed by atoms with Gasteiger partial charge in [0.1, 0.15) is 0 Å². The quantitative estimate of drug-likeness (QED) is 0.241. The smallest absolute Gasteiger partial charge is 0.416 e. The number of rotatable bonds is 4. The third-order valence-electron chi connectivity index (χ3n) is 5.50. The zero-order valence-corrected chi connectivity index (χ0v) is 19.0. The van der Waals surface area contributed by atoms with E-state index in [0.29, 0.717) is 16.1 Å². The molecule has 0 spiro atoms. The second-order valence-electron chi connectivity index (χ2n) is 7.91. The molecule has 3 aromatic heterocycles. The van der Waals surface area contributed by atoms with Gasteiger partial charge in [-0.2, -0.15) is 13.2 Å². The Labute approximate surface area is 210 Å². The summed E-state index contributed by atoms with van der Waals surface area (Å²) in [4.78, 5) is 28.9. The van der Waals surface area contributed by atoms with E-state index in [0.717, 1.165) is 18.5 Å². The van der Waals surface area contributed by atoms with Crippen molar-refractivity contribution in [3.8, 4) is 11.4 Å². The molecule has 2 aromatic carbocycles. The van der Waals surface area contributed by atoms with Crippen molar-refractivity contribution < 1.29 is 22.7 Å². The van der Waals surface area contributed by atoms with Crippen LogP contribution in [0.4, 0.5) is 35.2 Å². The maximum atomic E-state index is 13.3. The Hall–Kier alpha value is -5.47. The van der Waals surface area contributed by atoms with E-state index in [2.05, 4.69) is 25.9 Å². The highest BCUT2D eigenvalue weighted by molar-refractivity contribution is 6.01. The number of pyridine rings is 1. The first-order valence-corrected chi connectivity index (χ1v) is 10.8. The predicted octanol–water partition coefficient (Wildman–Crippen LogP) is 2.84. The number of carbonyl (C=O) groups excluding carboxylic acids is 1. The van der Waals surface area contributed by atoms with E-state index >= 15 is 0 Å². The molecular weight excluding hydrogens is 507 g/mol. The van der Waals surface area contributed by atoms with E-state index in [1.807, 2.05) is 0 Å². The first kappa shape index (κ1) is 24.2. The van der Waals surface area contributed by atoms with E-state index in [1.165, 1.54) is 52.1 Å². The molecule has 0 aliphatic rings. The number of nitrogens with one attached hydrogen (secondary N) is 2. The summed E-state index contributed by atoms with van der Waals surface area (Å²) in [6.45, 7) is 0. The van der Waals surface area contributed by atoms with Gasteiger partial charge in [0.2, 0.25) is 17.8 Å². The second-order valence-corrected chi connectivity index (χ2v) is 7.91. The lowest BCUT2D eigenvalue weighted by Gasteiger charge is -2.15. The van der Waals surface area contributed by atoms with Crippen molar-refractivity contribution in [2.45, 2.75) is 6.18 Å². The van der Waals surface area contributed by atoms with Gasteiger partial charge in [-0.25, -0.2) is 9.48 Å². The fraction of sp³-hybridized carbons (Fsp3) is 0.0435. The fourth-order valence-electron chi connectivity index (χ4n) is 3.72. The highest BCUT2D eigenvalue weighted by atomic mass is 19.4. The second kappa shape index (κ2) is 9.20. The standard InChI is InChI=1S/C23H16F3N9O3/c24-23(25,26)13-1-6-17(34-10-8-29-32-34)16(11-13)31-22(37)30-14-2-4-15(5-3-14)33-9-7-18(36)19-20(27)35(38)12-28-21(19)33/h1-12H,27H2,(H2,30,31,37). The largest absolute Gasteiger partial charge is 0.740 e. The van der Waals surface area contributed by atoms with Gasteiger partial charge in [-0.1, -0.05) is 10.2 Å². The molecule has 0 unspecified atom stereocenters. The number of carbonyl (C=O) groups is 1. The van der Waals surface area contributed by atoms with Crippen LogP contribution in [0.1, 0.15) is 5.56 Å². The van der Waals surface area contributed by atoms with Crippen LogP contribution in [0.2, 0.25) is 0 Å². The molecule has 38 heavy (non-hydrogen) atoms. The molecule has 15 heteroatoms. The monoisotopic (exact) mass is 523 g/mol. The maximum Gasteiger partial charge on any atom is 0.416 e. The molecule has 3 heterocycles. The third kappa shape index (κ3) is 4.55. The van der Waals surface area contributed by atoms with Gasteiger partial charge in [-0.3, -0.25) is 14.1 Å². The Balaban J connectivity index is 1.40. The van der Waals surface area contributed by atoms with Crippen molar-refractivity contribution in [2.75, 3.05) is 16.4 Å². The summed E-state index contributed by atoms with van der Waals surface area (Å²) >= 11 is 0. The number of urea groups is 1. The van der Waals surface area contributed by atoms with Crippen LogP contribution < -0.4 is 26.5 Å². The number of hydrogen-bond donors (Lipinski definition) is 3. The molecule has 0 atom stereocenters. The highest BCUT2D eigenvalue weighted by Gasteiger charge is 2.31. The number of fused-ring (bicyclic) bond motifs is 1. The summed E-state index contributed by atoms with van der Waals surface area (Å²) in [6.07, 6.45) is 0.542. The highest BCUT2D eigenvalue weighted by Crippen LogP contribution is 2.33. The van der Waals surface area contributed by atoms with E-state index in [-0.39, 0.29) is 28.2 Å². The average Bonchev–Trinajstić information content (AvgIpc) is 3.41. The van der Waals surface area contributed by atoms with Gasteiger partial charge < -0.3 is 21.6 Å². The average molecular weight is 523 g/mol. The number of nitrogens with two attached hydrogens (primary N) is 1. The molecule has 0 aliphatic carbocycles. The number of amides is 2. The zero-order valence-electron chi connectivity index (χ0n) is 19.0. The van der Waals surface area contributed by atoms with Crippen LogP contribution in [0.15, 0.2) is 78.2 Å². The number of hydrogen-bond acceptors (Lipinski definition) is 7. The van der Waals surface area contributed by atoms with Crippen LogP contribution in [0.25, 0.3) is 22.4 Å². The minimum Gasteiger partial charge on any atom is -0.740 e. The van der Waals surface area contributed by atoms with Gasteiger partial charge >= 0.3 is 12.2 Å². The van der Waals surface area contributed by atoms with Crippen molar-refractivity contribution in [1.82, 2.24) is 24.5 Å². The number of nitrogen functional groups attached to an aromatic ring is 1. The normalized spacial score (nSPS) is 11.4. The molecule has 12 nitrogen and oxygen atoms in total. The Bertz CT molecular complexity index is 1720. The number of aromatic nitrogens is 6. The summed E-state index contributed by atoms with van der Waals surface area (Å²) in [5.74, 6) is -0.288. The van der Waals surface area contributed by atoms with Gasteiger partial charge in [0.15, 0.2) is 10.8 Å². The summed E-state index contributed by atoms with van der Waals surface area (Å²) in [6, 6.07) is 9.54. The molecule has 0 saturated heterocycles. The Morgan fingerprint density at radius 2 is 1.82 bits per heavy atom. The first-order valence-electron chi connectivity index (χ1n) is 10.8. The summed E-state index contributed by atoms with van der Waals surface area (Å²) in [7, 11) is 0. The van der Waals surface area contributed by atoms with Gasteiger partial charge in [0.05, 0.1) is 29.3 Å². The minimum absolute atomic E-state index is 0.0455. The van der Waals surface area contributed by atoms with Crippen LogP contribution in [-0.2, 0) is 6.18 Å². The van der Waals surface area contributed by atoms with Crippen LogP contribution in [0.3, 0.4) is 0 Å². The lowest BCUT2D eigenvalue weighted by atomic mass is 10.1. The molecule has 0 radical (unpaired) electrons. The van der Waals surface area contributed by atoms with Crippen LogP contribution in [-0.4, -0.2) is 30.6 Å². The van der Waals surface area contributed by atoms with Gasteiger partial charge in [0, 0.05) is 23.6 Å². The Morgan fingerprint density at radius 1 is 1.05 bits per heavy atom. The number of benzene rings is 2. The zero-order chi connectivity index (χ0) is 27.0. The summed E-state index contributed by atoms with van der Waals surface area (Å²) < 4.78 is 42.8. The molecule has 0 aliphatic heterocycles. The van der Waals surface area contributed by atoms with E-state index in [1.54, 1.807) is 12.1 Å². The molecule has 0 fully saturated rings. The lowest BCUT2D eigenvalue weighted by molar-refractivity contribution is -0.591. The third-order valence-corrected chi connectivity index (χ3v) is 5.50. The van der Waals surface area contributed by atoms with Gasteiger partial charge in [0.25, 0.3) is 0 Å². The van der Waals surface area contributed by atoms with Crippen molar-refractivity contribution in [2.24, 2.45) is 0 Å². The SMILES string of the molecule is Nc1c2c(=O)ccn(-c3ccc(NC(=O)Nc4cc(C(F)(F)F)ccc4-n4ccnn4)cc3)c2nc[n+]1[O-]. The van der Waals surface area contributed by atoms with Crippen molar-refractivity contribution in [1.29, 1.82) is 0 Å². The maximum absolute atomic E-state index is 13.3. The van der Waals surface area contributed by atoms with Crippen molar-refractivity contribution in [3.05, 3.63) is 94.4 Å². The lowest BCUT2D eigenvalue weighted by Crippen LogP contribution is -2.33. The van der Waals surface area contributed by atoms with Crippen LogP contribution in [0.5, 0.6) is 0 Å². The van der Waals surface area contributed by atoms with Crippen LogP contribution in [0, 0.1) is 5.21 Å². The molecule has 0 bridgehead atoms. The number of halogens is 3. The van der Waals surface area contributed by atoms with E-state index in [4.69, 9.17) is 5.73 Å². The Morgan fingerprint density at radius 3 is 2.50 bits per heavy atom. The molecule has 5 rings (SSSR count). The molecule has 0 saturated carbocycles. The van der Waals surface area contributed by atoms with Crippen molar-refractivity contribution in [3.63, 3.8) is 0 Å². The molecule has 4 N–H and O–H groups in total. The predicted molar refractivity (Wildman–Crippen MR) is 130 cm³/mol. The molecule has 192 valence electrons. The minimum atomic E-state index is -4.62. The topological polar surface area (TPSA) is 160 Å². The van der Waals surface area contributed by atoms with Crippen molar-refractivity contribution >= 4 is 34.3 Å². The number of anilines is 3. The van der Waals surface area contributed by atoms with E-state index in [9.17, 15) is 28.0 Å². The molecule has 5 aromatic rings. The number of alkyl halides is 3. The first-order chi connectivity index (χ1) is 18.1. The van der Waals surface area contributed by atoms with Gasteiger partial charge in [-0.05, 0) is 42.5 Å². The Kier molecular flexibility index (Phi) is 5.87.